The number of methoxy groups -OCH3 is 1. The van der Waals surface area contributed by atoms with Crippen LogP contribution in [0.5, 0.6) is 5.75 Å². The fraction of sp³-hybridized carbons (Fsp3) is 0.206. The van der Waals surface area contributed by atoms with E-state index in [1.807, 2.05) is 30.3 Å². The molecule has 0 unspecified atom stereocenters. The molecule has 0 aliphatic carbocycles. The molecule has 0 bridgehead atoms. The van der Waals surface area contributed by atoms with Gasteiger partial charge in [0.15, 0.2) is 17.4 Å². The van der Waals surface area contributed by atoms with E-state index < -0.39 is 23.4 Å². The highest BCUT2D eigenvalue weighted by molar-refractivity contribution is 6.04. The lowest BCUT2D eigenvalue weighted by Gasteiger charge is -2.26. The molecule has 0 saturated carbocycles. The van der Waals surface area contributed by atoms with Gasteiger partial charge in [-0.2, -0.15) is 0 Å². The van der Waals surface area contributed by atoms with Gasteiger partial charge in [-0.05, 0) is 60.4 Å². The summed E-state index contributed by atoms with van der Waals surface area (Å²) in [5, 5.41) is 0.264. The summed E-state index contributed by atoms with van der Waals surface area (Å²) in [5.74, 6) is -2.71. The van der Waals surface area contributed by atoms with Crippen molar-refractivity contribution >= 4 is 16.9 Å². The van der Waals surface area contributed by atoms with Gasteiger partial charge in [-0.25, -0.2) is 18.0 Å². The summed E-state index contributed by atoms with van der Waals surface area (Å²) in [5.41, 5.74) is 3.78. The van der Waals surface area contributed by atoms with E-state index in [0.29, 0.717) is 48.4 Å². The number of aromatic nitrogens is 1. The highest BCUT2D eigenvalue weighted by Gasteiger charge is 2.32. The molecule has 5 aromatic rings. The van der Waals surface area contributed by atoms with Crippen molar-refractivity contribution < 1.29 is 32.2 Å². The van der Waals surface area contributed by atoms with Gasteiger partial charge in [0.05, 0.1) is 23.6 Å². The molecule has 0 spiro atoms. The van der Waals surface area contributed by atoms with Crippen LogP contribution in [0.4, 0.5) is 13.2 Å². The molecular formula is C34H28F3NO4. The Balaban J connectivity index is 1.68. The highest BCUT2D eigenvalue weighted by Crippen LogP contribution is 2.48. The first kappa shape index (κ1) is 27.6. The lowest BCUT2D eigenvalue weighted by molar-refractivity contribution is 0.0600. The monoisotopic (exact) mass is 571 g/mol. The topological polar surface area (TPSA) is 49.7 Å². The zero-order chi connectivity index (χ0) is 29.2. The number of fused-ring (bicyclic) bond motifs is 1. The molecule has 6 rings (SSSR count). The van der Waals surface area contributed by atoms with E-state index in [4.69, 9.17) is 14.2 Å². The van der Waals surface area contributed by atoms with Crippen LogP contribution in [-0.2, 0) is 16.1 Å². The van der Waals surface area contributed by atoms with Crippen molar-refractivity contribution in [1.29, 1.82) is 0 Å². The molecule has 0 amide bonds. The van der Waals surface area contributed by atoms with Crippen molar-refractivity contribution in [2.45, 2.75) is 25.4 Å². The third-order valence-corrected chi connectivity index (χ3v) is 7.64. The Hall–Kier alpha value is -4.56. The Morgan fingerprint density at radius 3 is 2.26 bits per heavy atom. The van der Waals surface area contributed by atoms with Gasteiger partial charge in [0.1, 0.15) is 12.4 Å². The molecule has 1 aliphatic heterocycles. The molecule has 1 fully saturated rings. The number of halogens is 3. The lowest BCUT2D eigenvalue weighted by atomic mass is 9.89. The first-order chi connectivity index (χ1) is 20.5. The summed E-state index contributed by atoms with van der Waals surface area (Å²) in [6.07, 6.45) is 1.30. The Bertz CT molecular complexity index is 1730. The molecule has 1 aromatic heterocycles. The maximum Gasteiger partial charge on any atom is 0.337 e. The largest absolute Gasteiger partial charge is 0.485 e. The Morgan fingerprint density at radius 1 is 0.905 bits per heavy atom. The molecule has 0 atom stereocenters. The first-order valence-corrected chi connectivity index (χ1v) is 13.7. The molecule has 42 heavy (non-hydrogen) atoms. The van der Waals surface area contributed by atoms with Crippen molar-refractivity contribution in [3.63, 3.8) is 0 Å². The molecule has 4 aromatic carbocycles. The zero-order valence-electron chi connectivity index (χ0n) is 22.9. The smallest absolute Gasteiger partial charge is 0.337 e. The summed E-state index contributed by atoms with van der Waals surface area (Å²) >= 11 is 0. The standard InChI is InChI=1S/C34H28F3NO4/c1-40-34(39)24-9-7-22(8-10-24)29-30-32(27(36)19-28(37)33(30)42-20-21-5-3-2-4-6-21)38(26-13-11-25(35)12-14-26)31(29)23-15-17-41-18-16-23/h2-14,19,23H,15-18,20H2,1H3. The van der Waals surface area contributed by atoms with E-state index in [-0.39, 0.29) is 29.2 Å². The van der Waals surface area contributed by atoms with E-state index >= 15 is 8.78 Å². The maximum atomic E-state index is 16.0. The van der Waals surface area contributed by atoms with Crippen molar-refractivity contribution in [3.05, 3.63) is 119 Å². The van der Waals surface area contributed by atoms with Crippen LogP contribution in [0, 0.1) is 17.5 Å². The first-order valence-electron chi connectivity index (χ1n) is 13.7. The number of hydrogen-bond donors (Lipinski definition) is 0. The number of benzene rings is 4. The van der Waals surface area contributed by atoms with Crippen LogP contribution >= 0.6 is 0 Å². The lowest BCUT2D eigenvalue weighted by Crippen LogP contribution is -2.17. The highest BCUT2D eigenvalue weighted by atomic mass is 19.1. The summed E-state index contributed by atoms with van der Waals surface area (Å²) < 4.78 is 64.2. The molecule has 5 nitrogen and oxygen atoms in total. The van der Waals surface area contributed by atoms with E-state index in [9.17, 15) is 9.18 Å². The second-order valence-electron chi connectivity index (χ2n) is 10.2. The van der Waals surface area contributed by atoms with Crippen LogP contribution in [0.25, 0.3) is 27.7 Å². The van der Waals surface area contributed by atoms with E-state index in [1.54, 1.807) is 41.0 Å². The normalized spacial score (nSPS) is 13.8. The minimum Gasteiger partial charge on any atom is -0.485 e. The summed E-state index contributed by atoms with van der Waals surface area (Å²) in [6.45, 7) is 1.07. The minimum absolute atomic E-state index is 0.0630. The predicted octanol–water partition coefficient (Wildman–Crippen LogP) is 7.97. The maximum absolute atomic E-state index is 16.0. The van der Waals surface area contributed by atoms with Crippen LogP contribution in [-0.4, -0.2) is 30.9 Å². The summed E-state index contributed by atoms with van der Waals surface area (Å²) in [6, 6.07) is 22.7. The second-order valence-corrected chi connectivity index (χ2v) is 10.2. The molecule has 0 N–H and O–H groups in total. The van der Waals surface area contributed by atoms with Gasteiger partial charge < -0.3 is 18.8 Å². The number of carbonyl (C=O) groups is 1. The third-order valence-electron chi connectivity index (χ3n) is 7.64. The molecule has 214 valence electrons. The number of hydrogen-bond acceptors (Lipinski definition) is 4. The number of esters is 1. The number of ether oxygens (including phenoxy) is 3. The zero-order valence-corrected chi connectivity index (χ0v) is 22.9. The summed E-state index contributed by atoms with van der Waals surface area (Å²) in [7, 11) is 1.30. The van der Waals surface area contributed by atoms with E-state index in [2.05, 4.69) is 0 Å². The van der Waals surface area contributed by atoms with Crippen molar-refractivity contribution in [2.75, 3.05) is 20.3 Å². The molecule has 0 radical (unpaired) electrons. The van der Waals surface area contributed by atoms with Crippen LogP contribution in [0.2, 0.25) is 0 Å². The fourth-order valence-electron chi connectivity index (χ4n) is 5.67. The SMILES string of the molecule is COC(=O)c1ccc(-c2c(C3CCOCC3)n(-c3ccc(F)cc3)c3c(F)cc(F)c(OCc4ccccc4)c23)cc1. The number of rotatable bonds is 7. The van der Waals surface area contributed by atoms with Gasteiger partial charge in [-0.1, -0.05) is 42.5 Å². The average Bonchev–Trinajstić information content (AvgIpc) is 3.38. The quantitative estimate of drug-likeness (QED) is 0.186. The van der Waals surface area contributed by atoms with Crippen LogP contribution in [0.1, 0.15) is 40.4 Å². The van der Waals surface area contributed by atoms with Gasteiger partial charge in [0.25, 0.3) is 0 Å². The van der Waals surface area contributed by atoms with E-state index in [1.165, 1.54) is 19.2 Å². The van der Waals surface area contributed by atoms with Crippen LogP contribution < -0.4 is 4.74 Å². The average molecular weight is 572 g/mol. The molecule has 1 aliphatic rings. The Morgan fingerprint density at radius 2 is 1.60 bits per heavy atom. The van der Waals surface area contributed by atoms with Gasteiger partial charge in [-0.15, -0.1) is 0 Å². The second kappa shape index (κ2) is 11.7. The summed E-state index contributed by atoms with van der Waals surface area (Å²) in [4.78, 5) is 12.2. The Kier molecular flexibility index (Phi) is 7.71. The third kappa shape index (κ3) is 5.14. The molecule has 8 heteroatoms. The number of carbonyl (C=O) groups excluding carboxylic acids is 1. The number of nitrogens with zero attached hydrogens (tertiary/aromatic N) is 1. The van der Waals surface area contributed by atoms with Gasteiger partial charge >= 0.3 is 5.97 Å². The predicted molar refractivity (Wildman–Crippen MR) is 153 cm³/mol. The van der Waals surface area contributed by atoms with Crippen LogP contribution in [0.15, 0.2) is 84.9 Å². The fourth-order valence-corrected chi connectivity index (χ4v) is 5.67. The van der Waals surface area contributed by atoms with Gasteiger partial charge in [0.2, 0.25) is 0 Å². The van der Waals surface area contributed by atoms with Gasteiger partial charge in [0, 0.05) is 42.1 Å². The molecular weight excluding hydrogens is 543 g/mol. The van der Waals surface area contributed by atoms with Gasteiger partial charge in [-0.3, -0.25) is 0 Å². The minimum atomic E-state index is -0.835. The van der Waals surface area contributed by atoms with E-state index in [0.717, 1.165) is 17.3 Å². The molecule has 1 saturated heterocycles. The molecule has 2 heterocycles. The van der Waals surface area contributed by atoms with Crippen molar-refractivity contribution in [1.82, 2.24) is 4.57 Å². The van der Waals surface area contributed by atoms with Crippen molar-refractivity contribution in [3.8, 4) is 22.6 Å². The van der Waals surface area contributed by atoms with Crippen molar-refractivity contribution in [2.24, 2.45) is 0 Å². The Labute approximate surface area is 241 Å². The van der Waals surface area contributed by atoms with Crippen LogP contribution in [0.3, 0.4) is 0 Å².